The number of aliphatic hydroxyl groups is 1. The average molecular weight is 174 g/mol. The van der Waals surface area contributed by atoms with E-state index in [1.165, 1.54) is 0 Å². The fraction of sp³-hybridized carbons (Fsp3) is 0.333. The second-order valence-electron chi connectivity index (χ2n) is 4.01. The van der Waals surface area contributed by atoms with Crippen LogP contribution in [0.3, 0.4) is 0 Å². The summed E-state index contributed by atoms with van der Waals surface area (Å²) in [5.74, 6) is 0. The Morgan fingerprint density at radius 2 is 1.92 bits per heavy atom. The van der Waals surface area contributed by atoms with Gasteiger partial charge in [0.1, 0.15) is 0 Å². The maximum absolute atomic E-state index is 10.0. The van der Waals surface area contributed by atoms with Crippen LogP contribution in [0.4, 0.5) is 0 Å². The Bertz CT molecular complexity index is 328. The Morgan fingerprint density at radius 1 is 1.38 bits per heavy atom. The lowest BCUT2D eigenvalue weighted by Crippen LogP contribution is -2.09. The van der Waals surface area contributed by atoms with Gasteiger partial charge in [0.15, 0.2) is 0 Å². The number of aliphatic hydroxyl groups excluding tert-OH is 1. The fourth-order valence-electron chi connectivity index (χ4n) is 1.69. The summed E-state index contributed by atoms with van der Waals surface area (Å²) in [6.45, 7) is 5.97. The van der Waals surface area contributed by atoms with Crippen LogP contribution in [0.25, 0.3) is 0 Å². The van der Waals surface area contributed by atoms with Crippen LogP contribution in [0.2, 0.25) is 0 Å². The van der Waals surface area contributed by atoms with Crippen molar-refractivity contribution in [1.29, 1.82) is 0 Å². The van der Waals surface area contributed by atoms with E-state index in [9.17, 15) is 5.11 Å². The summed E-state index contributed by atoms with van der Waals surface area (Å²) < 4.78 is 0. The van der Waals surface area contributed by atoms with Crippen molar-refractivity contribution in [2.24, 2.45) is 5.41 Å². The predicted molar refractivity (Wildman–Crippen MR) is 53.3 cm³/mol. The van der Waals surface area contributed by atoms with Gasteiger partial charge in [-0.25, -0.2) is 0 Å². The van der Waals surface area contributed by atoms with Gasteiger partial charge < -0.3 is 5.11 Å². The molecule has 68 valence electrons. The zero-order valence-electron chi connectivity index (χ0n) is 7.83. The number of hydrogen-bond acceptors (Lipinski definition) is 1. The number of benzene rings is 1. The normalized spacial score (nSPS) is 28.6. The Hall–Kier alpha value is -1.08. The second kappa shape index (κ2) is 2.71. The van der Waals surface area contributed by atoms with Crippen LogP contribution in [-0.4, -0.2) is 5.11 Å². The number of rotatable bonds is 2. The first-order valence-electron chi connectivity index (χ1n) is 4.56. The van der Waals surface area contributed by atoms with Crippen molar-refractivity contribution in [2.75, 3.05) is 0 Å². The largest absolute Gasteiger partial charge is 0.387 e. The molecule has 13 heavy (non-hydrogen) atoms. The first kappa shape index (κ1) is 8.52. The smallest absolute Gasteiger partial charge is 0.0883 e. The Morgan fingerprint density at radius 3 is 2.38 bits per heavy atom. The van der Waals surface area contributed by atoms with Gasteiger partial charge in [-0.3, -0.25) is 0 Å². The molecule has 1 heteroatoms. The zero-order valence-corrected chi connectivity index (χ0v) is 7.83. The van der Waals surface area contributed by atoms with E-state index in [2.05, 4.69) is 13.5 Å². The van der Waals surface area contributed by atoms with Crippen molar-refractivity contribution in [1.82, 2.24) is 0 Å². The zero-order chi connectivity index (χ0) is 9.47. The molecule has 0 bridgehead atoms. The standard InChI is InChI=1S/C12H14O/c1-9-8-12(9,2)11(13)10-6-4-3-5-7-10/h3-7,11,13H,1,8H2,2H3/t11-,12+/m0/s1. The minimum absolute atomic E-state index is 0.0681. The molecule has 1 nitrogen and oxygen atoms in total. The van der Waals surface area contributed by atoms with Crippen LogP contribution in [-0.2, 0) is 0 Å². The molecule has 2 atom stereocenters. The lowest BCUT2D eigenvalue weighted by molar-refractivity contribution is 0.111. The van der Waals surface area contributed by atoms with Crippen LogP contribution in [0.15, 0.2) is 42.5 Å². The predicted octanol–water partition coefficient (Wildman–Crippen LogP) is 2.69. The van der Waals surface area contributed by atoms with Gasteiger partial charge in [-0.2, -0.15) is 0 Å². The molecule has 0 radical (unpaired) electrons. The summed E-state index contributed by atoms with van der Waals surface area (Å²) in [5, 5.41) is 10.0. The highest BCUT2D eigenvalue weighted by Crippen LogP contribution is 2.58. The van der Waals surface area contributed by atoms with E-state index in [-0.39, 0.29) is 11.5 Å². The van der Waals surface area contributed by atoms with Gasteiger partial charge in [0.05, 0.1) is 6.10 Å². The van der Waals surface area contributed by atoms with Crippen LogP contribution in [0.5, 0.6) is 0 Å². The van der Waals surface area contributed by atoms with Crippen LogP contribution in [0, 0.1) is 5.41 Å². The highest BCUT2D eigenvalue weighted by molar-refractivity contribution is 5.35. The molecule has 1 aliphatic rings. The molecule has 2 rings (SSSR count). The third-order valence-corrected chi connectivity index (χ3v) is 2.98. The molecule has 1 saturated carbocycles. The molecule has 0 aromatic heterocycles. The maximum Gasteiger partial charge on any atom is 0.0883 e. The lowest BCUT2D eigenvalue weighted by atomic mass is 9.94. The second-order valence-corrected chi connectivity index (χ2v) is 4.01. The van der Waals surface area contributed by atoms with Gasteiger partial charge in [-0.1, -0.05) is 49.4 Å². The van der Waals surface area contributed by atoms with Crippen molar-refractivity contribution >= 4 is 0 Å². The SMILES string of the molecule is C=C1C[C@@]1(C)[C@@H](O)c1ccccc1. The first-order chi connectivity index (χ1) is 6.14. The van der Waals surface area contributed by atoms with Crippen molar-refractivity contribution in [3.8, 4) is 0 Å². The first-order valence-corrected chi connectivity index (χ1v) is 4.56. The minimum atomic E-state index is -0.388. The van der Waals surface area contributed by atoms with Gasteiger partial charge >= 0.3 is 0 Å². The van der Waals surface area contributed by atoms with E-state index in [1.54, 1.807) is 0 Å². The molecular weight excluding hydrogens is 160 g/mol. The molecule has 0 aliphatic heterocycles. The molecule has 0 unspecified atom stereocenters. The topological polar surface area (TPSA) is 20.2 Å². The molecule has 1 aromatic rings. The summed E-state index contributed by atoms with van der Waals surface area (Å²) in [5.41, 5.74) is 2.08. The van der Waals surface area contributed by atoms with Crippen molar-refractivity contribution in [3.05, 3.63) is 48.0 Å². The summed E-state index contributed by atoms with van der Waals surface area (Å²) in [6, 6.07) is 9.78. The minimum Gasteiger partial charge on any atom is -0.387 e. The summed E-state index contributed by atoms with van der Waals surface area (Å²) >= 11 is 0. The van der Waals surface area contributed by atoms with Crippen molar-refractivity contribution < 1.29 is 5.11 Å². The number of hydrogen-bond donors (Lipinski definition) is 1. The quantitative estimate of drug-likeness (QED) is 0.683. The molecule has 1 aromatic carbocycles. The van der Waals surface area contributed by atoms with Crippen molar-refractivity contribution in [2.45, 2.75) is 19.4 Å². The van der Waals surface area contributed by atoms with Gasteiger partial charge in [-0.05, 0) is 12.0 Å². The Kier molecular flexibility index (Phi) is 1.77. The van der Waals surface area contributed by atoms with Crippen LogP contribution < -0.4 is 0 Å². The average Bonchev–Trinajstić information content (AvgIpc) is 2.76. The van der Waals surface area contributed by atoms with Gasteiger partial charge in [0.2, 0.25) is 0 Å². The maximum atomic E-state index is 10.0. The van der Waals surface area contributed by atoms with E-state index in [0.717, 1.165) is 17.6 Å². The summed E-state index contributed by atoms with van der Waals surface area (Å²) in [4.78, 5) is 0. The highest BCUT2D eigenvalue weighted by Gasteiger charge is 2.48. The third kappa shape index (κ3) is 1.29. The molecule has 0 spiro atoms. The van der Waals surface area contributed by atoms with Crippen LogP contribution >= 0.6 is 0 Å². The highest BCUT2D eigenvalue weighted by atomic mass is 16.3. The van der Waals surface area contributed by atoms with E-state index in [0.29, 0.717) is 0 Å². The van der Waals surface area contributed by atoms with E-state index >= 15 is 0 Å². The molecule has 0 saturated heterocycles. The molecule has 1 aliphatic carbocycles. The van der Waals surface area contributed by atoms with Gasteiger partial charge in [0.25, 0.3) is 0 Å². The van der Waals surface area contributed by atoms with E-state index in [4.69, 9.17) is 0 Å². The van der Waals surface area contributed by atoms with Gasteiger partial charge in [-0.15, -0.1) is 0 Å². The van der Waals surface area contributed by atoms with Crippen LogP contribution in [0.1, 0.15) is 25.0 Å². The molecule has 0 heterocycles. The summed E-state index contributed by atoms with van der Waals surface area (Å²) in [6.07, 6.45) is 0.560. The molecule has 1 N–H and O–H groups in total. The van der Waals surface area contributed by atoms with Gasteiger partial charge in [0, 0.05) is 5.41 Å². The van der Waals surface area contributed by atoms with E-state index < -0.39 is 0 Å². The van der Waals surface area contributed by atoms with Crippen molar-refractivity contribution in [3.63, 3.8) is 0 Å². The molecule has 0 amide bonds. The molecular formula is C12H14O. The monoisotopic (exact) mass is 174 g/mol. The lowest BCUT2D eigenvalue weighted by Gasteiger charge is -2.17. The van der Waals surface area contributed by atoms with E-state index in [1.807, 2.05) is 30.3 Å². The molecule has 1 fully saturated rings. The Balaban J connectivity index is 2.24. The summed E-state index contributed by atoms with van der Waals surface area (Å²) in [7, 11) is 0. The Labute approximate surface area is 78.7 Å². The fourth-order valence-corrected chi connectivity index (χ4v) is 1.69. The third-order valence-electron chi connectivity index (χ3n) is 2.98.